The molecule has 1 N–H and O–H groups in total. The van der Waals surface area contributed by atoms with Gasteiger partial charge in [-0.05, 0) is 69.2 Å². The van der Waals surface area contributed by atoms with E-state index in [1.54, 1.807) is 12.1 Å². The van der Waals surface area contributed by atoms with Gasteiger partial charge >= 0.3 is 5.97 Å². The summed E-state index contributed by atoms with van der Waals surface area (Å²) in [6, 6.07) is 22.1. The first-order chi connectivity index (χ1) is 17.2. The molecular weight excluding hydrogens is 457 g/mol. The van der Waals surface area contributed by atoms with Crippen LogP contribution in [0.1, 0.15) is 50.5 Å². The van der Waals surface area contributed by atoms with Crippen molar-refractivity contribution in [3.8, 4) is 5.75 Å². The molecule has 0 saturated carbocycles. The van der Waals surface area contributed by atoms with Crippen LogP contribution in [0.3, 0.4) is 0 Å². The number of ether oxygens (including phenoxy) is 3. The molecule has 0 aliphatic carbocycles. The largest absolute Gasteiger partial charge is 0.483 e. The van der Waals surface area contributed by atoms with E-state index in [-0.39, 0.29) is 5.82 Å². The molecule has 2 atom stereocenters. The second-order valence-electron chi connectivity index (χ2n) is 9.73. The van der Waals surface area contributed by atoms with Gasteiger partial charge in [0.2, 0.25) is 0 Å². The van der Waals surface area contributed by atoms with Crippen LogP contribution >= 0.6 is 0 Å². The van der Waals surface area contributed by atoms with Gasteiger partial charge < -0.3 is 19.5 Å². The molecule has 6 heteroatoms. The molecule has 0 fully saturated rings. The highest BCUT2D eigenvalue weighted by molar-refractivity contribution is 5.83. The zero-order chi connectivity index (χ0) is 25.7. The fourth-order valence-corrected chi connectivity index (χ4v) is 4.19. The highest BCUT2D eigenvalue weighted by atomic mass is 19.1. The van der Waals surface area contributed by atoms with E-state index in [9.17, 15) is 9.18 Å². The molecule has 5 nitrogen and oxygen atoms in total. The molecule has 188 valence electrons. The molecule has 0 bridgehead atoms. The zero-order valence-corrected chi connectivity index (χ0v) is 21.1. The highest BCUT2D eigenvalue weighted by Crippen LogP contribution is 2.44. The maximum absolute atomic E-state index is 13.2. The van der Waals surface area contributed by atoms with E-state index < -0.39 is 23.8 Å². The van der Waals surface area contributed by atoms with Crippen molar-refractivity contribution in [2.75, 3.05) is 5.32 Å². The molecule has 3 aromatic carbocycles. The summed E-state index contributed by atoms with van der Waals surface area (Å²) in [5.74, 6) is -0.0154. The first-order valence-electron chi connectivity index (χ1n) is 12.0. The van der Waals surface area contributed by atoms with Crippen LogP contribution in [-0.4, -0.2) is 17.7 Å². The Kier molecular flexibility index (Phi) is 7.75. The second kappa shape index (κ2) is 11.0. The Labute approximate surface area is 211 Å². The van der Waals surface area contributed by atoms with Crippen molar-refractivity contribution in [2.45, 2.75) is 58.7 Å². The van der Waals surface area contributed by atoms with Crippen LogP contribution in [-0.2, 0) is 27.4 Å². The van der Waals surface area contributed by atoms with Crippen LogP contribution in [0.4, 0.5) is 10.1 Å². The van der Waals surface area contributed by atoms with Gasteiger partial charge in [0, 0.05) is 23.9 Å². The predicted molar refractivity (Wildman–Crippen MR) is 138 cm³/mol. The van der Waals surface area contributed by atoms with Crippen LogP contribution in [0, 0.1) is 5.82 Å². The third-order valence-corrected chi connectivity index (χ3v) is 5.98. The summed E-state index contributed by atoms with van der Waals surface area (Å²) < 4.78 is 31.9. The van der Waals surface area contributed by atoms with Gasteiger partial charge in [0.15, 0.2) is 6.10 Å². The zero-order valence-electron chi connectivity index (χ0n) is 21.1. The van der Waals surface area contributed by atoms with Crippen LogP contribution in [0.25, 0.3) is 0 Å². The lowest BCUT2D eigenvalue weighted by Gasteiger charge is -2.43. The van der Waals surface area contributed by atoms with Crippen LogP contribution in [0.15, 0.2) is 84.4 Å². The first-order valence-corrected chi connectivity index (χ1v) is 12.0. The number of carbonyl (C=O) groups excluding carboxylic acids is 1. The number of esters is 1. The molecule has 0 saturated heterocycles. The summed E-state index contributed by atoms with van der Waals surface area (Å²) in [6.45, 7) is 8.37. The number of benzene rings is 3. The first kappa shape index (κ1) is 25.5. The Hall–Kier alpha value is -3.64. The number of nitrogens with one attached hydrogen (secondary N) is 1. The minimum Gasteiger partial charge on any atom is -0.483 e. The molecular formula is C30H32FNO4. The number of carbonyl (C=O) groups is 1. The summed E-state index contributed by atoms with van der Waals surface area (Å²) in [5.41, 5.74) is 3.65. The third-order valence-electron chi connectivity index (χ3n) is 5.98. The van der Waals surface area contributed by atoms with Gasteiger partial charge in [0.25, 0.3) is 0 Å². The average molecular weight is 490 g/mol. The van der Waals surface area contributed by atoms with E-state index in [4.69, 9.17) is 14.2 Å². The minimum atomic E-state index is -0.817. The molecule has 0 aromatic heterocycles. The number of rotatable bonds is 8. The van der Waals surface area contributed by atoms with Gasteiger partial charge in [0.05, 0.1) is 6.61 Å². The van der Waals surface area contributed by atoms with E-state index >= 15 is 0 Å². The highest BCUT2D eigenvalue weighted by Gasteiger charge is 2.47. The molecule has 0 radical (unpaired) electrons. The van der Waals surface area contributed by atoms with Crippen molar-refractivity contribution in [1.82, 2.24) is 0 Å². The van der Waals surface area contributed by atoms with Crippen LogP contribution in [0.2, 0.25) is 0 Å². The SMILES string of the molecule is CC(C)=CC(=O)OC1C(OCc2ccccc2)c2cc(NCc3ccc(F)cc3)ccc2OC1(C)C. The molecule has 1 aliphatic rings. The number of fused-ring (bicyclic) bond motifs is 1. The summed E-state index contributed by atoms with van der Waals surface area (Å²) in [4.78, 5) is 12.6. The molecule has 1 heterocycles. The maximum Gasteiger partial charge on any atom is 0.331 e. The van der Waals surface area contributed by atoms with E-state index in [1.165, 1.54) is 18.2 Å². The second-order valence-corrected chi connectivity index (χ2v) is 9.73. The molecule has 4 rings (SSSR count). The van der Waals surface area contributed by atoms with Crippen molar-refractivity contribution in [3.05, 3.63) is 107 Å². The molecule has 3 aromatic rings. The number of halogens is 1. The molecule has 0 spiro atoms. The van der Waals surface area contributed by atoms with Crippen molar-refractivity contribution in [2.24, 2.45) is 0 Å². The lowest BCUT2D eigenvalue weighted by atomic mass is 9.87. The molecule has 0 amide bonds. The van der Waals surface area contributed by atoms with E-state index in [0.717, 1.165) is 28.0 Å². The Morgan fingerprint density at radius 3 is 2.44 bits per heavy atom. The smallest absolute Gasteiger partial charge is 0.331 e. The topological polar surface area (TPSA) is 56.8 Å². The summed E-state index contributed by atoms with van der Waals surface area (Å²) in [5, 5.41) is 3.38. The Morgan fingerprint density at radius 1 is 1.03 bits per heavy atom. The summed E-state index contributed by atoms with van der Waals surface area (Å²) >= 11 is 0. The third kappa shape index (κ3) is 6.32. The fraction of sp³-hybridized carbons (Fsp3) is 0.300. The van der Waals surface area contributed by atoms with Gasteiger partial charge in [-0.1, -0.05) is 48.0 Å². The van der Waals surface area contributed by atoms with Crippen molar-refractivity contribution >= 4 is 11.7 Å². The monoisotopic (exact) mass is 489 g/mol. The number of anilines is 1. The number of hydrogen-bond acceptors (Lipinski definition) is 5. The molecule has 36 heavy (non-hydrogen) atoms. The van der Waals surface area contributed by atoms with Gasteiger partial charge in [-0.3, -0.25) is 0 Å². The fourth-order valence-electron chi connectivity index (χ4n) is 4.19. The van der Waals surface area contributed by atoms with Crippen molar-refractivity contribution in [1.29, 1.82) is 0 Å². The quantitative estimate of drug-likeness (QED) is 0.280. The van der Waals surface area contributed by atoms with Gasteiger partial charge in [-0.15, -0.1) is 0 Å². The van der Waals surface area contributed by atoms with Gasteiger partial charge in [0.1, 0.15) is 23.3 Å². The number of allylic oxidation sites excluding steroid dienone is 1. The Bertz CT molecular complexity index is 1220. The van der Waals surface area contributed by atoms with Crippen molar-refractivity contribution in [3.63, 3.8) is 0 Å². The van der Waals surface area contributed by atoms with E-state index in [1.807, 2.05) is 76.2 Å². The van der Waals surface area contributed by atoms with Crippen molar-refractivity contribution < 1.29 is 23.4 Å². The predicted octanol–water partition coefficient (Wildman–Crippen LogP) is 6.74. The van der Waals surface area contributed by atoms with Crippen LogP contribution < -0.4 is 10.1 Å². The van der Waals surface area contributed by atoms with Gasteiger partial charge in [-0.2, -0.15) is 0 Å². The lowest BCUT2D eigenvalue weighted by molar-refractivity contribution is -0.181. The Morgan fingerprint density at radius 2 is 1.75 bits per heavy atom. The minimum absolute atomic E-state index is 0.264. The van der Waals surface area contributed by atoms with Gasteiger partial charge in [-0.25, -0.2) is 9.18 Å². The van der Waals surface area contributed by atoms with Crippen LogP contribution in [0.5, 0.6) is 5.75 Å². The van der Waals surface area contributed by atoms with E-state index in [0.29, 0.717) is 18.9 Å². The molecule has 1 aliphatic heterocycles. The maximum atomic E-state index is 13.2. The average Bonchev–Trinajstić information content (AvgIpc) is 2.83. The summed E-state index contributed by atoms with van der Waals surface area (Å²) in [6.07, 6.45) is 0.246. The normalized spacial score (nSPS) is 17.9. The Balaban J connectivity index is 1.63. The van der Waals surface area contributed by atoms with E-state index in [2.05, 4.69) is 5.32 Å². The molecule has 2 unspecified atom stereocenters. The standard InChI is InChI=1S/C30H32FNO4/c1-20(2)16-27(33)35-29-28(34-19-22-8-6-5-7-9-22)25-17-24(14-15-26(25)36-30(29,3)4)32-18-21-10-12-23(31)13-11-21/h5-17,28-29,32H,18-19H2,1-4H3. The lowest BCUT2D eigenvalue weighted by Crippen LogP contribution is -2.51. The summed E-state index contributed by atoms with van der Waals surface area (Å²) in [7, 11) is 0. The number of hydrogen-bond donors (Lipinski definition) is 1.